The van der Waals surface area contributed by atoms with E-state index in [0.29, 0.717) is 0 Å². The van der Waals surface area contributed by atoms with E-state index in [4.69, 9.17) is 0 Å². The van der Waals surface area contributed by atoms with Crippen molar-refractivity contribution in [2.75, 3.05) is 25.7 Å². The Bertz CT molecular complexity index is 173. The number of rotatable bonds is 5. The first kappa shape index (κ1) is 11.3. The van der Waals surface area contributed by atoms with Crippen LogP contribution in [-0.4, -0.2) is 31.5 Å². The SMILES string of the molecule is COP(=O)(CC(=O)CBr)OC. The monoisotopic (exact) mass is 244 g/mol. The molecule has 0 aliphatic rings. The molecule has 0 saturated carbocycles. The molecule has 0 amide bonds. The lowest BCUT2D eigenvalue weighted by Crippen LogP contribution is -2.08. The molecule has 66 valence electrons. The molecular formula is C5H10BrO4P. The molecule has 0 atom stereocenters. The third kappa shape index (κ3) is 4.01. The zero-order valence-electron chi connectivity index (χ0n) is 6.37. The second-order valence-corrected chi connectivity index (χ2v) is 4.64. The average molecular weight is 245 g/mol. The number of hydrogen-bond donors (Lipinski definition) is 0. The zero-order valence-corrected chi connectivity index (χ0v) is 8.85. The Morgan fingerprint density at radius 2 is 1.91 bits per heavy atom. The Kier molecular flexibility index (Phi) is 5.17. The smallest absolute Gasteiger partial charge is 0.312 e. The van der Waals surface area contributed by atoms with Gasteiger partial charge in [0.2, 0.25) is 0 Å². The number of ketones is 1. The molecule has 0 unspecified atom stereocenters. The van der Waals surface area contributed by atoms with Crippen molar-refractivity contribution in [3.63, 3.8) is 0 Å². The van der Waals surface area contributed by atoms with E-state index in [9.17, 15) is 9.36 Å². The Morgan fingerprint density at radius 1 is 1.45 bits per heavy atom. The predicted octanol–water partition coefficient (Wildman–Crippen LogP) is 1.44. The molecule has 0 heterocycles. The maximum Gasteiger partial charge on any atom is 0.337 e. The van der Waals surface area contributed by atoms with Crippen molar-refractivity contribution >= 4 is 29.3 Å². The maximum atomic E-state index is 11.2. The van der Waals surface area contributed by atoms with Crippen LogP contribution in [0, 0.1) is 0 Å². The molecule has 0 bridgehead atoms. The second-order valence-electron chi connectivity index (χ2n) is 1.81. The molecule has 11 heavy (non-hydrogen) atoms. The van der Waals surface area contributed by atoms with Crippen molar-refractivity contribution in [2.24, 2.45) is 0 Å². The zero-order chi connectivity index (χ0) is 8.91. The molecule has 0 saturated heterocycles. The second kappa shape index (κ2) is 5.04. The van der Waals surface area contributed by atoms with Crippen molar-refractivity contribution in [2.45, 2.75) is 0 Å². The minimum atomic E-state index is -3.13. The van der Waals surface area contributed by atoms with Crippen molar-refractivity contribution in [1.29, 1.82) is 0 Å². The highest BCUT2D eigenvalue weighted by molar-refractivity contribution is 9.09. The number of alkyl halides is 1. The van der Waals surface area contributed by atoms with Crippen LogP contribution in [0.15, 0.2) is 0 Å². The Labute approximate surface area is 73.9 Å². The minimum Gasteiger partial charge on any atom is -0.312 e. The van der Waals surface area contributed by atoms with Crippen molar-refractivity contribution in [1.82, 2.24) is 0 Å². The van der Waals surface area contributed by atoms with Gasteiger partial charge < -0.3 is 9.05 Å². The van der Waals surface area contributed by atoms with Crippen LogP contribution in [-0.2, 0) is 18.4 Å². The first-order chi connectivity index (χ1) is 5.08. The van der Waals surface area contributed by atoms with Crippen molar-refractivity contribution < 1.29 is 18.4 Å². The fourth-order valence-corrected chi connectivity index (χ4v) is 1.92. The Balaban J connectivity index is 4.09. The summed E-state index contributed by atoms with van der Waals surface area (Å²) in [5.74, 6) is -0.197. The highest BCUT2D eigenvalue weighted by Gasteiger charge is 2.24. The van der Waals surface area contributed by atoms with Crippen LogP contribution in [0.25, 0.3) is 0 Å². The minimum absolute atomic E-state index is 0.170. The van der Waals surface area contributed by atoms with Gasteiger partial charge in [-0.1, -0.05) is 15.9 Å². The predicted molar refractivity (Wildman–Crippen MR) is 45.3 cm³/mol. The summed E-state index contributed by atoms with van der Waals surface area (Å²) in [4.78, 5) is 10.8. The van der Waals surface area contributed by atoms with Gasteiger partial charge >= 0.3 is 7.60 Å². The molecule has 4 nitrogen and oxygen atoms in total. The van der Waals surface area contributed by atoms with Crippen LogP contribution in [0.1, 0.15) is 0 Å². The van der Waals surface area contributed by atoms with E-state index in [1.54, 1.807) is 0 Å². The lowest BCUT2D eigenvalue weighted by atomic mass is 10.5. The molecule has 0 rings (SSSR count). The summed E-state index contributed by atoms with van der Waals surface area (Å²) in [6.45, 7) is 0. The molecule has 6 heteroatoms. The molecule has 0 aromatic carbocycles. The fraction of sp³-hybridized carbons (Fsp3) is 0.800. The van der Waals surface area contributed by atoms with Gasteiger partial charge in [0.1, 0.15) is 6.16 Å². The highest BCUT2D eigenvalue weighted by Crippen LogP contribution is 2.45. The standard InChI is InChI=1S/C5H10BrO4P/c1-9-11(8,10-2)4-5(7)3-6/h3-4H2,1-2H3. The Morgan fingerprint density at radius 3 is 2.18 bits per heavy atom. The molecule has 0 aliphatic carbocycles. The van der Waals surface area contributed by atoms with Crippen LogP contribution >= 0.6 is 23.5 Å². The molecule has 0 aromatic rings. The third-order valence-electron chi connectivity index (χ3n) is 1.08. The maximum absolute atomic E-state index is 11.2. The summed E-state index contributed by atoms with van der Waals surface area (Å²) >= 11 is 2.94. The molecule has 0 radical (unpaired) electrons. The van der Waals surface area contributed by atoms with Gasteiger partial charge in [0.15, 0.2) is 5.78 Å². The van der Waals surface area contributed by atoms with Gasteiger partial charge in [-0.25, -0.2) is 0 Å². The normalized spacial score (nSPS) is 11.5. The van der Waals surface area contributed by atoms with E-state index >= 15 is 0 Å². The van der Waals surface area contributed by atoms with E-state index in [1.165, 1.54) is 14.2 Å². The molecule has 0 N–H and O–H groups in total. The van der Waals surface area contributed by atoms with E-state index in [-0.39, 0.29) is 17.3 Å². The van der Waals surface area contributed by atoms with Crippen LogP contribution in [0.3, 0.4) is 0 Å². The topological polar surface area (TPSA) is 52.6 Å². The van der Waals surface area contributed by atoms with Crippen LogP contribution < -0.4 is 0 Å². The van der Waals surface area contributed by atoms with Gasteiger partial charge in [0.05, 0.1) is 5.33 Å². The summed E-state index contributed by atoms with van der Waals surface area (Å²) < 4.78 is 20.3. The summed E-state index contributed by atoms with van der Waals surface area (Å²) in [5.41, 5.74) is 0. The number of hydrogen-bond acceptors (Lipinski definition) is 4. The number of carbonyl (C=O) groups is 1. The lowest BCUT2D eigenvalue weighted by molar-refractivity contribution is -0.114. The molecular weight excluding hydrogens is 235 g/mol. The van der Waals surface area contributed by atoms with Crippen LogP contribution in [0.2, 0.25) is 0 Å². The molecule has 0 spiro atoms. The van der Waals surface area contributed by atoms with Crippen LogP contribution in [0.4, 0.5) is 0 Å². The summed E-state index contributed by atoms with van der Waals surface area (Å²) in [6, 6.07) is 0. The summed E-state index contributed by atoms with van der Waals surface area (Å²) in [6.07, 6.45) is -0.175. The van der Waals surface area contributed by atoms with E-state index < -0.39 is 7.60 Å². The highest BCUT2D eigenvalue weighted by atomic mass is 79.9. The molecule has 0 aromatic heterocycles. The van der Waals surface area contributed by atoms with E-state index in [2.05, 4.69) is 25.0 Å². The van der Waals surface area contributed by atoms with Gasteiger partial charge in [0.25, 0.3) is 0 Å². The fourth-order valence-electron chi connectivity index (χ4n) is 0.462. The summed E-state index contributed by atoms with van der Waals surface area (Å²) in [7, 11) is -0.622. The third-order valence-corrected chi connectivity index (χ3v) is 3.55. The molecule has 0 aliphatic heterocycles. The number of Topliss-reactive ketones (excluding diaryl/α,β-unsaturated/α-hetero) is 1. The van der Waals surface area contributed by atoms with E-state index in [1.807, 2.05) is 0 Å². The van der Waals surface area contributed by atoms with Gasteiger partial charge in [-0.3, -0.25) is 9.36 Å². The molecule has 0 fully saturated rings. The van der Waals surface area contributed by atoms with Gasteiger partial charge in [-0.05, 0) is 0 Å². The van der Waals surface area contributed by atoms with Gasteiger partial charge in [0, 0.05) is 14.2 Å². The van der Waals surface area contributed by atoms with Gasteiger partial charge in [-0.2, -0.15) is 0 Å². The number of carbonyl (C=O) groups excluding carboxylic acids is 1. The number of halogens is 1. The van der Waals surface area contributed by atoms with Gasteiger partial charge in [-0.15, -0.1) is 0 Å². The quantitative estimate of drug-likeness (QED) is 0.543. The largest absolute Gasteiger partial charge is 0.337 e. The Hall–Kier alpha value is 0.300. The first-order valence-electron chi connectivity index (χ1n) is 2.86. The summed E-state index contributed by atoms with van der Waals surface area (Å²) in [5, 5.41) is 0.170. The lowest BCUT2D eigenvalue weighted by Gasteiger charge is -2.10. The van der Waals surface area contributed by atoms with Crippen molar-refractivity contribution in [3.05, 3.63) is 0 Å². The van der Waals surface area contributed by atoms with Crippen molar-refractivity contribution in [3.8, 4) is 0 Å². The van der Waals surface area contributed by atoms with Crippen LogP contribution in [0.5, 0.6) is 0 Å². The first-order valence-corrected chi connectivity index (χ1v) is 5.71. The average Bonchev–Trinajstić information content (AvgIpc) is 2.04. The van der Waals surface area contributed by atoms with E-state index in [0.717, 1.165) is 0 Å².